The highest BCUT2D eigenvalue weighted by Gasteiger charge is 2.38. The van der Waals surface area contributed by atoms with E-state index in [0.717, 1.165) is 45.4 Å². The van der Waals surface area contributed by atoms with Crippen molar-refractivity contribution in [2.24, 2.45) is 0 Å². The number of carbonyl (C=O) groups is 2. The monoisotopic (exact) mass is 282 g/mol. The third-order valence-corrected chi connectivity index (χ3v) is 4.04. The highest BCUT2D eigenvalue weighted by atomic mass is 16.5. The van der Waals surface area contributed by atoms with Crippen LogP contribution >= 0.6 is 0 Å². The zero-order valence-corrected chi connectivity index (χ0v) is 12.6. The summed E-state index contributed by atoms with van der Waals surface area (Å²) in [4.78, 5) is 28.1. The van der Waals surface area contributed by atoms with Crippen molar-refractivity contribution >= 4 is 11.8 Å². The molecule has 0 saturated carbocycles. The van der Waals surface area contributed by atoms with E-state index in [1.165, 1.54) is 0 Å². The maximum atomic E-state index is 12.4. The lowest BCUT2D eigenvalue weighted by Gasteiger charge is -2.25. The van der Waals surface area contributed by atoms with Crippen molar-refractivity contribution in [1.82, 2.24) is 9.80 Å². The number of hydrogen-bond donors (Lipinski definition) is 0. The Morgan fingerprint density at radius 1 is 1.25 bits per heavy atom. The van der Waals surface area contributed by atoms with Gasteiger partial charge in [0.25, 0.3) is 0 Å². The minimum atomic E-state index is -0.183. The summed E-state index contributed by atoms with van der Waals surface area (Å²) >= 11 is 0. The normalized spacial score (nSPS) is 23.4. The molecule has 1 atom stereocenters. The van der Waals surface area contributed by atoms with Crippen LogP contribution in [0.1, 0.15) is 46.0 Å². The van der Waals surface area contributed by atoms with Gasteiger partial charge in [-0.3, -0.25) is 9.59 Å². The third kappa shape index (κ3) is 3.72. The molecule has 0 N–H and O–H groups in total. The first-order valence-corrected chi connectivity index (χ1v) is 7.79. The summed E-state index contributed by atoms with van der Waals surface area (Å²) in [6.07, 6.45) is 4.43. The Morgan fingerprint density at radius 2 is 2.05 bits per heavy atom. The van der Waals surface area contributed by atoms with Crippen LogP contribution in [0.2, 0.25) is 0 Å². The second kappa shape index (κ2) is 7.07. The van der Waals surface area contributed by atoms with Gasteiger partial charge < -0.3 is 14.5 Å². The summed E-state index contributed by atoms with van der Waals surface area (Å²) in [5, 5.41) is 0. The van der Waals surface area contributed by atoms with E-state index in [9.17, 15) is 9.59 Å². The number of ether oxygens (including phenoxy) is 1. The molecule has 5 nitrogen and oxygen atoms in total. The van der Waals surface area contributed by atoms with Crippen LogP contribution in [-0.2, 0) is 14.3 Å². The van der Waals surface area contributed by atoms with Crippen molar-refractivity contribution in [2.75, 3.05) is 26.2 Å². The molecule has 2 fully saturated rings. The second-order valence-electron chi connectivity index (χ2n) is 5.95. The first-order chi connectivity index (χ1) is 9.59. The van der Waals surface area contributed by atoms with Crippen LogP contribution in [0.3, 0.4) is 0 Å². The van der Waals surface area contributed by atoms with Gasteiger partial charge in [0.2, 0.25) is 11.8 Å². The Balaban J connectivity index is 1.79. The van der Waals surface area contributed by atoms with Crippen LogP contribution in [0, 0.1) is 0 Å². The van der Waals surface area contributed by atoms with Gasteiger partial charge >= 0.3 is 0 Å². The molecular weight excluding hydrogens is 256 g/mol. The molecule has 0 radical (unpaired) electrons. The van der Waals surface area contributed by atoms with E-state index in [0.29, 0.717) is 13.0 Å². The van der Waals surface area contributed by atoms with Gasteiger partial charge in [-0.25, -0.2) is 0 Å². The molecule has 0 aromatic rings. The van der Waals surface area contributed by atoms with Crippen molar-refractivity contribution in [2.45, 2.75) is 58.1 Å². The predicted molar refractivity (Wildman–Crippen MR) is 76.3 cm³/mol. The number of carbonyl (C=O) groups excluding carboxylic acids is 2. The average molecular weight is 282 g/mol. The van der Waals surface area contributed by atoms with E-state index in [1.807, 2.05) is 18.7 Å². The topological polar surface area (TPSA) is 49.9 Å². The summed E-state index contributed by atoms with van der Waals surface area (Å²) in [7, 11) is 0. The van der Waals surface area contributed by atoms with Crippen LogP contribution in [0.15, 0.2) is 0 Å². The Hall–Kier alpha value is -1.10. The van der Waals surface area contributed by atoms with Crippen molar-refractivity contribution in [1.29, 1.82) is 0 Å². The van der Waals surface area contributed by atoms with Crippen molar-refractivity contribution in [3.05, 3.63) is 0 Å². The number of rotatable bonds is 6. The molecule has 5 heteroatoms. The largest absolute Gasteiger partial charge is 0.379 e. The number of nitrogens with zero attached hydrogens (tertiary/aromatic N) is 2. The Bertz CT molecular complexity index is 357. The lowest BCUT2D eigenvalue weighted by atomic mass is 10.2. The fraction of sp³-hybridized carbons (Fsp3) is 0.867. The smallest absolute Gasteiger partial charge is 0.245 e. The fourth-order valence-corrected chi connectivity index (χ4v) is 2.96. The molecule has 0 aromatic heterocycles. The maximum Gasteiger partial charge on any atom is 0.245 e. The molecule has 20 heavy (non-hydrogen) atoms. The molecule has 114 valence electrons. The lowest BCUT2D eigenvalue weighted by molar-refractivity contribution is -0.139. The van der Waals surface area contributed by atoms with Crippen LogP contribution in [0.5, 0.6) is 0 Å². The Morgan fingerprint density at radius 3 is 2.80 bits per heavy atom. The summed E-state index contributed by atoms with van der Waals surface area (Å²) < 4.78 is 5.50. The standard InChI is InChI=1S/C15H26N2O3/c1-12(2)20-11-4-3-8-16-10-7-14(18)17-9-5-6-13(17)15(16)19/h12-13H,3-11H2,1-2H3. The average Bonchev–Trinajstić information content (AvgIpc) is 2.86. The fourth-order valence-electron chi connectivity index (χ4n) is 2.96. The van der Waals surface area contributed by atoms with Crippen molar-refractivity contribution in [3.8, 4) is 0 Å². The summed E-state index contributed by atoms with van der Waals surface area (Å²) in [6.45, 7) is 6.88. The molecule has 2 amide bonds. The number of hydrogen-bond acceptors (Lipinski definition) is 3. The van der Waals surface area contributed by atoms with Crippen molar-refractivity contribution in [3.63, 3.8) is 0 Å². The van der Waals surface area contributed by atoms with Crippen molar-refractivity contribution < 1.29 is 14.3 Å². The van der Waals surface area contributed by atoms with Gasteiger partial charge in [0.1, 0.15) is 6.04 Å². The minimum absolute atomic E-state index is 0.145. The van der Waals surface area contributed by atoms with Gasteiger partial charge in [-0.05, 0) is 39.5 Å². The Kier molecular flexibility index (Phi) is 5.40. The van der Waals surface area contributed by atoms with E-state index in [2.05, 4.69) is 0 Å². The van der Waals surface area contributed by atoms with E-state index in [-0.39, 0.29) is 24.0 Å². The minimum Gasteiger partial charge on any atom is -0.379 e. The van der Waals surface area contributed by atoms with E-state index < -0.39 is 0 Å². The second-order valence-corrected chi connectivity index (χ2v) is 5.95. The van der Waals surface area contributed by atoms with Gasteiger partial charge in [-0.15, -0.1) is 0 Å². The molecular formula is C15H26N2O3. The SMILES string of the molecule is CC(C)OCCCCN1CCC(=O)N2CCCC2C1=O. The zero-order chi connectivity index (χ0) is 14.5. The zero-order valence-electron chi connectivity index (χ0n) is 12.6. The van der Waals surface area contributed by atoms with Gasteiger partial charge in [-0.1, -0.05) is 0 Å². The van der Waals surface area contributed by atoms with Gasteiger partial charge in [-0.2, -0.15) is 0 Å². The van der Waals surface area contributed by atoms with E-state index in [1.54, 1.807) is 4.90 Å². The molecule has 2 saturated heterocycles. The first-order valence-electron chi connectivity index (χ1n) is 7.79. The molecule has 0 aromatic carbocycles. The summed E-state index contributed by atoms with van der Waals surface area (Å²) in [5.74, 6) is 0.296. The lowest BCUT2D eigenvalue weighted by Crippen LogP contribution is -2.43. The third-order valence-electron chi connectivity index (χ3n) is 4.04. The first kappa shape index (κ1) is 15.3. The molecule has 2 heterocycles. The quantitative estimate of drug-likeness (QED) is 0.692. The molecule has 0 bridgehead atoms. The molecule has 0 aliphatic carbocycles. The molecule has 0 spiro atoms. The van der Waals surface area contributed by atoms with Gasteiger partial charge in [0.05, 0.1) is 6.10 Å². The molecule has 1 unspecified atom stereocenters. The maximum absolute atomic E-state index is 12.4. The van der Waals surface area contributed by atoms with Crippen LogP contribution in [0.4, 0.5) is 0 Å². The Labute approximate surface area is 121 Å². The molecule has 2 aliphatic heterocycles. The predicted octanol–water partition coefficient (Wildman–Crippen LogP) is 1.41. The van der Waals surface area contributed by atoms with Gasteiger partial charge in [0, 0.05) is 32.7 Å². The highest BCUT2D eigenvalue weighted by molar-refractivity contribution is 5.90. The summed E-state index contributed by atoms with van der Waals surface area (Å²) in [5.41, 5.74) is 0. The van der Waals surface area contributed by atoms with E-state index in [4.69, 9.17) is 4.74 Å². The van der Waals surface area contributed by atoms with E-state index >= 15 is 0 Å². The number of amides is 2. The van der Waals surface area contributed by atoms with Crippen LogP contribution in [-0.4, -0.2) is 60.0 Å². The summed E-state index contributed by atoms with van der Waals surface area (Å²) in [6, 6.07) is -0.183. The number of unbranched alkanes of at least 4 members (excludes halogenated alkanes) is 1. The van der Waals surface area contributed by atoms with Gasteiger partial charge in [0.15, 0.2) is 0 Å². The van der Waals surface area contributed by atoms with Crippen LogP contribution < -0.4 is 0 Å². The highest BCUT2D eigenvalue weighted by Crippen LogP contribution is 2.23. The molecule has 2 aliphatic rings. The number of fused-ring (bicyclic) bond motifs is 1. The van der Waals surface area contributed by atoms with Crippen LogP contribution in [0.25, 0.3) is 0 Å². The molecule has 2 rings (SSSR count).